The highest BCUT2D eigenvalue weighted by molar-refractivity contribution is 7.90. The molecule has 9 heteroatoms. The van der Waals surface area contributed by atoms with Crippen LogP contribution in [0.4, 0.5) is 0 Å². The van der Waals surface area contributed by atoms with E-state index < -0.39 is 9.84 Å². The molecule has 3 aromatic rings. The molecule has 0 aliphatic carbocycles. The predicted molar refractivity (Wildman–Crippen MR) is 84.4 cm³/mol. The Hall–Kier alpha value is -2.45. The fraction of sp³-hybridized carbons (Fsp3) is 0.0714. The highest BCUT2D eigenvalue weighted by Crippen LogP contribution is 2.29. The standard InChI is InChI=1S/C14H11ClN4O3S/c1-23(21,22)10-3-5-13(17-7-10)19-14(20)11(8-18-19)12-4-2-9(15)6-16-12/h2-8,20H,1H3. The fourth-order valence-corrected chi connectivity index (χ4v) is 2.61. The number of aromatic hydroxyl groups is 1. The van der Waals surface area contributed by atoms with Crippen molar-refractivity contribution in [2.24, 2.45) is 0 Å². The van der Waals surface area contributed by atoms with Crippen LogP contribution in [0.15, 0.2) is 47.8 Å². The molecule has 0 aliphatic heterocycles. The average molecular weight is 351 g/mol. The quantitative estimate of drug-likeness (QED) is 0.776. The Morgan fingerprint density at radius 2 is 1.87 bits per heavy atom. The first kappa shape index (κ1) is 15.4. The molecule has 0 aliphatic rings. The van der Waals surface area contributed by atoms with Gasteiger partial charge < -0.3 is 5.11 Å². The second-order valence-corrected chi connectivity index (χ2v) is 7.23. The van der Waals surface area contributed by atoms with Gasteiger partial charge in [0.25, 0.3) is 0 Å². The third kappa shape index (κ3) is 3.03. The number of halogens is 1. The summed E-state index contributed by atoms with van der Waals surface area (Å²) >= 11 is 5.79. The zero-order valence-electron chi connectivity index (χ0n) is 11.9. The first-order valence-corrected chi connectivity index (χ1v) is 8.68. The van der Waals surface area contributed by atoms with Crippen molar-refractivity contribution >= 4 is 21.4 Å². The van der Waals surface area contributed by atoms with Gasteiger partial charge in [-0.1, -0.05) is 11.6 Å². The zero-order chi connectivity index (χ0) is 16.6. The number of nitrogens with zero attached hydrogens (tertiary/aromatic N) is 4. The molecule has 3 heterocycles. The first-order chi connectivity index (χ1) is 10.9. The maximum Gasteiger partial charge on any atom is 0.225 e. The van der Waals surface area contributed by atoms with Crippen molar-refractivity contribution in [3.8, 4) is 23.0 Å². The van der Waals surface area contributed by atoms with Crippen LogP contribution in [0.1, 0.15) is 0 Å². The summed E-state index contributed by atoms with van der Waals surface area (Å²) in [6, 6.07) is 6.17. The molecule has 3 rings (SSSR count). The summed E-state index contributed by atoms with van der Waals surface area (Å²) in [5, 5.41) is 14.8. The van der Waals surface area contributed by atoms with Gasteiger partial charge in [-0.3, -0.25) is 4.98 Å². The lowest BCUT2D eigenvalue weighted by atomic mass is 10.2. The Bertz CT molecular complexity index is 951. The number of hydrogen-bond acceptors (Lipinski definition) is 6. The van der Waals surface area contributed by atoms with Gasteiger partial charge in [0.15, 0.2) is 15.7 Å². The third-order valence-corrected chi connectivity index (χ3v) is 4.43. The van der Waals surface area contributed by atoms with Gasteiger partial charge in [-0.25, -0.2) is 13.4 Å². The molecule has 0 saturated carbocycles. The lowest BCUT2D eigenvalue weighted by molar-refractivity contribution is 0.433. The van der Waals surface area contributed by atoms with Crippen LogP contribution in [0, 0.1) is 0 Å². The van der Waals surface area contributed by atoms with Crippen LogP contribution in [-0.2, 0) is 9.84 Å². The van der Waals surface area contributed by atoms with Gasteiger partial charge >= 0.3 is 0 Å². The normalized spacial score (nSPS) is 11.6. The van der Waals surface area contributed by atoms with Crippen LogP contribution >= 0.6 is 11.6 Å². The molecular formula is C14H11ClN4O3S. The van der Waals surface area contributed by atoms with Crippen LogP contribution in [0.3, 0.4) is 0 Å². The Labute approximate surface area is 137 Å². The SMILES string of the molecule is CS(=O)(=O)c1ccc(-n2ncc(-c3ccc(Cl)cn3)c2O)nc1. The lowest BCUT2D eigenvalue weighted by Crippen LogP contribution is -2.02. The number of rotatable bonds is 3. The van der Waals surface area contributed by atoms with Gasteiger partial charge in [-0.15, -0.1) is 0 Å². The van der Waals surface area contributed by atoms with Crippen molar-refractivity contribution in [1.29, 1.82) is 0 Å². The number of pyridine rings is 2. The smallest absolute Gasteiger partial charge is 0.225 e. The summed E-state index contributed by atoms with van der Waals surface area (Å²) in [5.41, 5.74) is 0.918. The van der Waals surface area contributed by atoms with E-state index in [1.807, 2.05) is 0 Å². The molecule has 0 aromatic carbocycles. The highest BCUT2D eigenvalue weighted by atomic mass is 35.5. The van der Waals surface area contributed by atoms with Gasteiger partial charge in [0.2, 0.25) is 5.88 Å². The Balaban J connectivity index is 2.00. The Morgan fingerprint density at radius 1 is 1.09 bits per heavy atom. The first-order valence-electron chi connectivity index (χ1n) is 6.41. The van der Waals surface area contributed by atoms with Gasteiger partial charge in [0.1, 0.15) is 0 Å². The molecule has 0 bridgehead atoms. The van der Waals surface area contributed by atoms with E-state index in [-0.39, 0.29) is 16.6 Å². The van der Waals surface area contributed by atoms with E-state index in [2.05, 4.69) is 15.1 Å². The molecule has 3 aromatic heterocycles. The van der Waals surface area contributed by atoms with Gasteiger partial charge in [-0.2, -0.15) is 9.78 Å². The Morgan fingerprint density at radius 3 is 2.43 bits per heavy atom. The molecule has 0 amide bonds. The number of hydrogen-bond donors (Lipinski definition) is 1. The van der Waals surface area contributed by atoms with E-state index in [1.54, 1.807) is 12.1 Å². The topological polar surface area (TPSA) is 98.0 Å². The zero-order valence-corrected chi connectivity index (χ0v) is 13.5. The summed E-state index contributed by atoms with van der Waals surface area (Å²) in [6.07, 6.45) is 5.22. The van der Waals surface area contributed by atoms with Crippen molar-refractivity contribution < 1.29 is 13.5 Å². The largest absolute Gasteiger partial charge is 0.493 e. The molecule has 0 atom stereocenters. The van der Waals surface area contributed by atoms with E-state index >= 15 is 0 Å². The van der Waals surface area contributed by atoms with Crippen LogP contribution in [0.2, 0.25) is 5.02 Å². The van der Waals surface area contributed by atoms with Gasteiger partial charge in [0, 0.05) is 18.6 Å². The maximum atomic E-state index is 11.4. The molecule has 118 valence electrons. The van der Waals surface area contributed by atoms with E-state index in [0.29, 0.717) is 16.3 Å². The van der Waals surface area contributed by atoms with E-state index in [4.69, 9.17) is 11.6 Å². The monoisotopic (exact) mass is 350 g/mol. The van der Waals surface area contributed by atoms with Crippen molar-refractivity contribution in [2.45, 2.75) is 4.90 Å². The molecule has 7 nitrogen and oxygen atoms in total. The summed E-state index contributed by atoms with van der Waals surface area (Å²) < 4.78 is 24.1. The minimum Gasteiger partial charge on any atom is -0.493 e. The van der Waals surface area contributed by atoms with Crippen molar-refractivity contribution in [1.82, 2.24) is 19.7 Å². The third-order valence-electron chi connectivity index (χ3n) is 3.11. The lowest BCUT2D eigenvalue weighted by Gasteiger charge is -2.04. The molecule has 1 N–H and O–H groups in total. The van der Waals surface area contributed by atoms with Crippen molar-refractivity contribution in [2.75, 3.05) is 6.26 Å². The molecule has 0 saturated heterocycles. The second-order valence-electron chi connectivity index (χ2n) is 4.78. The maximum absolute atomic E-state index is 11.4. The summed E-state index contributed by atoms with van der Waals surface area (Å²) in [5.74, 6) is 0.134. The molecule has 0 radical (unpaired) electrons. The summed E-state index contributed by atoms with van der Waals surface area (Å²) in [6.45, 7) is 0. The van der Waals surface area contributed by atoms with Crippen LogP contribution in [0.5, 0.6) is 5.88 Å². The van der Waals surface area contributed by atoms with Crippen LogP contribution < -0.4 is 0 Å². The van der Waals surface area contributed by atoms with E-state index in [1.165, 1.54) is 35.4 Å². The molecule has 0 spiro atoms. The second kappa shape index (κ2) is 5.64. The minimum absolute atomic E-state index is 0.0903. The molecular weight excluding hydrogens is 340 g/mol. The number of sulfone groups is 1. The van der Waals surface area contributed by atoms with Gasteiger partial charge in [0.05, 0.1) is 27.4 Å². The van der Waals surface area contributed by atoms with Gasteiger partial charge in [-0.05, 0) is 24.3 Å². The number of aromatic nitrogens is 4. The Kier molecular flexibility index (Phi) is 3.78. The summed E-state index contributed by atoms with van der Waals surface area (Å²) in [7, 11) is -3.33. The van der Waals surface area contributed by atoms with Crippen molar-refractivity contribution in [3.05, 3.63) is 47.9 Å². The predicted octanol–water partition coefficient (Wildman–Crippen LogP) is 2.09. The fourth-order valence-electron chi connectivity index (χ4n) is 1.94. The van der Waals surface area contributed by atoms with Crippen LogP contribution in [0.25, 0.3) is 17.1 Å². The molecule has 0 unspecified atom stereocenters. The highest BCUT2D eigenvalue weighted by Gasteiger charge is 2.15. The van der Waals surface area contributed by atoms with Crippen LogP contribution in [-0.4, -0.2) is 39.5 Å². The minimum atomic E-state index is -3.33. The van der Waals surface area contributed by atoms with E-state index in [9.17, 15) is 13.5 Å². The molecule has 23 heavy (non-hydrogen) atoms. The average Bonchev–Trinajstić information content (AvgIpc) is 2.89. The van der Waals surface area contributed by atoms with Crippen molar-refractivity contribution in [3.63, 3.8) is 0 Å². The molecule has 0 fully saturated rings. The summed E-state index contributed by atoms with van der Waals surface area (Å²) in [4.78, 5) is 8.23. The van der Waals surface area contributed by atoms with E-state index in [0.717, 1.165) is 6.26 Å².